The van der Waals surface area contributed by atoms with Crippen LogP contribution in [0.1, 0.15) is 17.6 Å². The van der Waals surface area contributed by atoms with Gasteiger partial charge in [-0.1, -0.05) is 18.1 Å². The molecule has 1 aromatic rings. The minimum Gasteiger partial charge on any atom is -0.359 e. The SMILES string of the molecule is NC(=O)C#Cc1cccc(C(F)F)c1. The van der Waals surface area contributed by atoms with Crippen molar-refractivity contribution in [2.45, 2.75) is 6.43 Å². The quantitative estimate of drug-likeness (QED) is 0.677. The summed E-state index contributed by atoms with van der Waals surface area (Å²) >= 11 is 0. The van der Waals surface area contributed by atoms with Gasteiger partial charge in [-0.3, -0.25) is 4.79 Å². The van der Waals surface area contributed by atoms with Gasteiger partial charge in [0.25, 0.3) is 12.3 Å². The zero-order valence-electron chi connectivity index (χ0n) is 7.13. The number of nitrogens with two attached hydrogens (primary N) is 1. The van der Waals surface area contributed by atoms with E-state index in [1.54, 1.807) is 0 Å². The van der Waals surface area contributed by atoms with Crippen molar-refractivity contribution in [3.05, 3.63) is 35.4 Å². The van der Waals surface area contributed by atoms with Gasteiger partial charge in [-0.25, -0.2) is 8.78 Å². The zero-order chi connectivity index (χ0) is 10.6. The van der Waals surface area contributed by atoms with Crippen LogP contribution in [0.3, 0.4) is 0 Å². The molecule has 2 N–H and O–H groups in total. The molecule has 0 radical (unpaired) electrons. The number of amides is 1. The summed E-state index contributed by atoms with van der Waals surface area (Å²) < 4.78 is 24.4. The van der Waals surface area contributed by atoms with E-state index in [0.717, 1.165) is 0 Å². The van der Waals surface area contributed by atoms with E-state index in [2.05, 4.69) is 11.8 Å². The number of carbonyl (C=O) groups is 1. The van der Waals surface area contributed by atoms with Gasteiger partial charge in [0.05, 0.1) is 0 Å². The van der Waals surface area contributed by atoms with E-state index in [0.29, 0.717) is 5.56 Å². The van der Waals surface area contributed by atoms with Gasteiger partial charge in [0.1, 0.15) is 0 Å². The van der Waals surface area contributed by atoms with Crippen LogP contribution in [-0.2, 0) is 4.79 Å². The predicted molar refractivity (Wildman–Crippen MR) is 47.5 cm³/mol. The lowest BCUT2D eigenvalue weighted by atomic mass is 10.1. The summed E-state index contributed by atoms with van der Waals surface area (Å²) in [6.45, 7) is 0. The number of carbonyl (C=O) groups excluding carboxylic acids is 1. The zero-order valence-corrected chi connectivity index (χ0v) is 7.13. The van der Waals surface area contributed by atoms with E-state index >= 15 is 0 Å². The lowest BCUT2D eigenvalue weighted by Crippen LogP contribution is -2.06. The molecule has 1 amide bonds. The smallest absolute Gasteiger partial charge is 0.293 e. The molecule has 1 aromatic carbocycles. The second-order valence-electron chi connectivity index (χ2n) is 2.54. The topological polar surface area (TPSA) is 43.1 Å². The third kappa shape index (κ3) is 2.87. The Morgan fingerprint density at radius 1 is 1.43 bits per heavy atom. The van der Waals surface area contributed by atoms with Crippen molar-refractivity contribution in [3.8, 4) is 11.8 Å². The van der Waals surface area contributed by atoms with Crippen molar-refractivity contribution >= 4 is 5.91 Å². The first kappa shape index (κ1) is 10.2. The molecular formula is C10H7F2NO. The van der Waals surface area contributed by atoms with Crippen molar-refractivity contribution in [2.24, 2.45) is 5.73 Å². The van der Waals surface area contributed by atoms with Crippen molar-refractivity contribution in [3.63, 3.8) is 0 Å². The van der Waals surface area contributed by atoms with Gasteiger partial charge in [0, 0.05) is 11.1 Å². The fourth-order valence-corrected chi connectivity index (χ4v) is 0.886. The lowest BCUT2D eigenvalue weighted by Gasteiger charge is -1.98. The number of hydrogen-bond donors (Lipinski definition) is 1. The Bertz CT molecular complexity index is 404. The van der Waals surface area contributed by atoms with Gasteiger partial charge >= 0.3 is 0 Å². The molecule has 14 heavy (non-hydrogen) atoms. The first-order valence-corrected chi connectivity index (χ1v) is 3.79. The van der Waals surface area contributed by atoms with Crippen LogP contribution in [0.25, 0.3) is 0 Å². The Hall–Kier alpha value is -1.89. The summed E-state index contributed by atoms with van der Waals surface area (Å²) in [5.41, 5.74) is 5.00. The number of halogens is 2. The molecule has 4 heteroatoms. The standard InChI is InChI=1S/C10H7F2NO/c11-10(12)8-3-1-2-7(6-8)4-5-9(13)14/h1-3,6,10H,(H2,13,14). The van der Waals surface area contributed by atoms with Gasteiger partial charge in [0.15, 0.2) is 0 Å². The maximum absolute atomic E-state index is 12.2. The summed E-state index contributed by atoms with van der Waals surface area (Å²) in [5.74, 6) is 3.67. The van der Waals surface area contributed by atoms with E-state index in [1.807, 2.05) is 0 Å². The number of rotatable bonds is 1. The molecule has 0 spiro atoms. The molecule has 2 nitrogen and oxygen atoms in total. The summed E-state index contributed by atoms with van der Waals surface area (Å²) in [7, 11) is 0. The molecule has 0 unspecified atom stereocenters. The molecule has 0 heterocycles. The number of primary amides is 1. The van der Waals surface area contributed by atoms with Crippen LogP contribution in [0.2, 0.25) is 0 Å². The Labute approximate surface area is 79.7 Å². The highest BCUT2D eigenvalue weighted by Crippen LogP contribution is 2.18. The molecule has 0 aliphatic carbocycles. The molecule has 72 valence electrons. The molecular weight excluding hydrogens is 188 g/mol. The van der Waals surface area contributed by atoms with Crippen LogP contribution < -0.4 is 5.73 Å². The van der Waals surface area contributed by atoms with Crippen molar-refractivity contribution in [1.82, 2.24) is 0 Å². The van der Waals surface area contributed by atoms with E-state index in [9.17, 15) is 13.6 Å². The second-order valence-corrected chi connectivity index (χ2v) is 2.54. The Morgan fingerprint density at radius 3 is 2.71 bits per heavy atom. The molecule has 0 aromatic heterocycles. The van der Waals surface area contributed by atoms with Crippen molar-refractivity contribution in [1.29, 1.82) is 0 Å². The van der Waals surface area contributed by atoms with Crippen LogP contribution in [0.15, 0.2) is 24.3 Å². The van der Waals surface area contributed by atoms with E-state index in [-0.39, 0.29) is 5.56 Å². The Balaban J connectivity index is 2.96. The average molecular weight is 195 g/mol. The Kier molecular flexibility index (Phi) is 3.19. The van der Waals surface area contributed by atoms with Gasteiger partial charge in [-0.05, 0) is 18.1 Å². The first-order valence-electron chi connectivity index (χ1n) is 3.79. The highest BCUT2D eigenvalue weighted by atomic mass is 19.3. The van der Waals surface area contributed by atoms with Crippen LogP contribution in [0.4, 0.5) is 8.78 Å². The van der Waals surface area contributed by atoms with Gasteiger partial charge < -0.3 is 5.73 Å². The van der Waals surface area contributed by atoms with Gasteiger partial charge in [-0.15, -0.1) is 0 Å². The predicted octanol–water partition coefficient (Wildman–Crippen LogP) is 1.46. The van der Waals surface area contributed by atoms with Crippen LogP contribution >= 0.6 is 0 Å². The molecule has 0 saturated carbocycles. The monoisotopic (exact) mass is 195 g/mol. The molecule has 0 aliphatic heterocycles. The van der Waals surface area contributed by atoms with E-state index in [4.69, 9.17) is 5.73 Å². The average Bonchev–Trinajstić information content (AvgIpc) is 2.15. The third-order valence-electron chi connectivity index (χ3n) is 1.47. The largest absolute Gasteiger partial charge is 0.359 e. The normalized spacial score (nSPS) is 9.36. The van der Waals surface area contributed by atoms with Gasteiger partial charge in [-0.2, -0.15) is 0 Å². The summed E-state index contributed by atoms with van der Waals surface area (Å²) in [5, 5.41) is 0. The van der Waals surface area contributed by atoms with Crippen LogP contribution in [0.5, 0.6) is 0 Å². The van der Waals surface area contributed by atoms with Crippen LogP contribution in [0, 0.1) is 11.8 Å². The molecule has 0 atom stereocenters. The molecule has 1 rings (SSSR count). The van der Waals surface area contributed by atoms with Gasteiger partial charge in [0.2, 0.25) is 0 Å². The number of benzene rings is 1. The number of alkyl halides is 2. The third-order valence-corrected chi connectivity index (χ3v) is 1.47. The minimum absolute atomic E-state index is 0.124. The second kappa shape index (κ2) is 4.38. The molecule has 0 fully saturated rings. The summed E-state index contributed by atoms with van der Waals surface area (Å²) in [4.78, 5) is 10.3. The van der Waals surface area contributed by atoms with E-state index < -0.39 is 12.3 Å². The highest BCUT2D eigenvalue weighted by molar-refractivity contribution is 5.92. The maximum atomic E-state index is 12.2. The fourth-order valence-electron chi connectivity index (χ4n) is 0.886. The highest BCUT2D eigenvalue weighted by Gasteiger charge is 2.05. The first-order chi connectivity index (χ1) is 6.59. The fraction of sp³-hybridized carbons (Fsp3) is 0.100. The van der Waals surface area contributed by atoms with Crippen molar-refractivity contribution in [2.75, 3.05) is 0 Å². The molecule has 0 aliphatic rings. The maximum Gasteiger partial charge on any atom is 0.293 e. The summed E-state index contributed by atoms with van der Waals surface area (Å²) in [6, 6.07) is 5.50. The number of hydrogen-bond acceptors (Lipinski definition) is 1. The Morgan fingerprint density at radius 2 is 2.14 bits per heavy atom. The lowest BCUT2D eigenvalue weighted by molar-refractivity contribution is -0.112. The molecule has 0 saturated heterocycles. The van der Waals surface area contributed by atoms with E-state index in [1.165, 1.54) is 24.3 Å². The summed E-state index contributed by atoms with van der Waals surface area (Å²) in [6.07, 6.45) is -2.54. The molecule has 0 bridgehead atoms. The van der Waals surface area contributed by atoms with Crippen LogP contribution in [-0.4, -0.2) is 5.91 Å². The van der Waals surface area contributed by atoms with Crippen molar-refractivity contribution < 1.29 is 13.6 Å². The minimum atomic E-state index is -2.54.